The third-order valence-corrected chi connectivity index (χ3v) is 1.74. The molecular weight excluding hydrogens is 203 g/mol. The fourth-order valence-corrected chi connectivity index (χ4v) is 0.955. The van der Waals surface area contributed by atoms with E-state index in [0.29, 0.717) is 12.2 Å². The van der Waals surface area contributed by atoms with Gasteiger partial charge in [-0.05, 0) is 12.2 Å². The summed E-state index contributed by atoms with van der Waals surface area (Å²) in [6.45, 7) is 1.93. The molecule has 0 unspecified atom stereocenters. The SMILES string of the molecule is [CH2-]Oc1[c-]cc([C@@H](O)CC)cc1.[V+2]. The number of ether oxygens (including phenoxy) is 1. The van der Waals surface area contributed by atoms with Gasteiger partial charge in [0.15, 0.2) is 0 Å². The summed E-state index contributed by atoms with van der Waals surface area (Å²) in [5.74, 6) is 0.585. The number of hydrogen-bond donors (Lipinski definition) is 1. The van der Waals surface area contributed by atoms with Gasteiger partial charge in [0.2, 0.25) is 0 Å². The van der Waals surface area contributed by atoms with Crippen molar-refractivity contribution in [3.8, 4) is 5.75 Å². The van der Waals surface area contributed by atoms with E-state index < -0.39 is 6.10 Å². The second-order valence-electron chi connectivity index (χ2n) is 2.55. The molecule has 0 aliphatic rings. The molecule has 2 nitrogen and oxygen atoms in total. The van der Waals surface area contributed by atoms with E-state index in [4.69, 9.17) is 4.74 Å². The van der Waals surface area contributed by atoms with Gasteiger partial charge in [0.05, 0.1) is 0 Å². The van der Waals surface area contributed by atoms with Crippen LogP contribution in [0.15, 0.2) is 18.2 Å². The van der Waals surface area contributed by atoms with Crippen LogP contribution >= 0.6 is 0 Å². The molecule has 0 aliphatic carbocycles. The van der Waals surface area contributed by atoms with E-state index in [1.165, 1.54) is 0 Å². The van der Waals surface area contributed by atoms with E-state index in [9.17, 15) is 5.11 Å². The van der Waals surface area contributed by atoms with Crippen LogP contribution in [0.4, 0.5) is 0 Å². The van der Waals surface area contributed by atoms with E-state index in [1.54, 1.807) is 12.1 Å². The molecule has 0 fully saturated rings. The van der Waals surface area contributed by atoms with Gasteiger partial charge < -0.3 is 9.84 Å². The third-order valence-electron chi connectivity index (χ3n) is 1.74. The van der Waals surface area contributed by atoms with Crippen LogP contribution in [0.2, 0.25) is 0 Å². The predicted molar refractivity (Wildman–Crippen MR) is 46.5 cm³/mol. The predicted octanol–water partition coefficient (Wildman–Crippen LogP) is 2.10. The quantitative estimate of drug-likeness (QED) is 0.782. The maximum atomic E-state index is 9.42. The first-order chi connectivity index (χ1) is 5.77. The van der Waals surface area contributed by atoms with Crippen LogP contribution in [-0.2, 0) is 18.6 Å². The van der Waals surface area contributed by atoms with Crippen molar-refractivity contribution in [3.05, 3.63) is 36.9 Å². The van der Waals surface area contributed by atoms with Gasteiger partial charge in [0, 0.05) is 6.10 Å². The molecule has 1 aromatic carbocycles. The van der Waals surface area contributed by atoms with Crippen molar-refractivity contribution in [3.63, 3.8) is 0 Å². The molecule has 0 saturated carbocycles. The van der Waals surface area contributed by atoms with Gasteiger partial charge in [0.25, 0.3) is 0 Å². The van der Waals surface area contributed by atoms with Gasteiger partial charge in [-0.1, -0.05) is 6.92 Å². The molecule has 1 aromatic rings. The number of aliphatic hydroxyl groups is 1. The topological polar surface area (TPSA) is 29.5 Å². The summed E-state index contributed by atoms with van der Waals surface area (Å²) in [5.41, 5.74) is 0.860. The summed E-state index contributed by atoms with van der Waals surface area (Å²) in [4.78, 5) is 0. The van der Waals surface area contributed by atoms with E-state index in [2.05, 4.69) is 13.2 Å². The van der Waals surface area contributed by atoms with Crippen LogP contribution < -0.4 is 4.74 Å². The minimum absolute atomic E-state index is 0. The molecule has 69 valence electrons. The van der Waals surface area contributed by atoms with Crippen molar-refractivity contribution in [2.24, 2.45) is 0 Å². The summed E-state index contributed by atoms with van der Waals surface area (Å²) >= 11 is 0. The Kier molecular flexibility index (Phi) is 5.88. The molecule has 1 N–H and O–H groups in total. The minimum atomic E-state index is -0.403. The number of hydrogen-bond acceptors (Lipinski definition) is 2. The molecule has 1 radical (unpaired) electrons. The van der Waals surface area contributed by atoms with Crippen molar-refractivity contribution in [2.75, 3.05) is 0 Å². The minimum Gasteiger partial charge on any atom is -0.683 e. The average Bonchev–Trinajstić information content (AvgIpc) is 2.17. The van der Waals surface area contributed by atoms with Crippen LogP contribution in [0, 0.1) is 13.2 Å². The Labute approximate surface area is 90.8 Å². The van der Waals surface area contributed by atoms with E-state index in [1.807, 2.05) is 13.0 Å². The van der Waals surface area contributed by atoms with Crippen molar-refractivity contribution >= 4 is 0 Å². The molecular formula is C10H12O2V. The van der Waals surface area contributed by atoms with Gasteiger partial charge in [-0.25, -0.2) is 0 Å². The number of benzene rings is 1. The molecule has 13 heavy (non-hydrogen) atoms. The monoisotopic (exact) mass is 215 g/mol. The fraction of sp³-hybridized carbons (Fsp3) is 0.300. The normalized spacial score (nSPS) is 11.6. The first-order valence-electron chi connectivity index (χ1n) is 3.89. The van der Waals surface area contributed by atoms with Gasteiger partial charge >= 0.3 is 18.6 Å². The Morgan fingerprint density at radius 2 is 2.31 bits per heavy atom. The van der Waals surface area contributed by atoms with E-state index >= 15 is 0 Å². The van der Waals surface area contributed by atoms with Crippen molar-refractivity contribution in [1.82, 2.24) is 0 Å². The Bertz CT molecular complexity index is 233. The maximum Gasteiger partial charge on any atom is 2.00 e. The summed E-state index contributed by atoms with van der Waals surface area (Å²) < 4.78 is 4.70. The average molecular weight is 215 g/mol. The molecule has 1 atom stereocenters. The molecule has 0 spiro atoms. The second-order valence-corrected chi connectivity index (χ2v) is 2.55. The van der Waals surface area contributed by atoms with Crippen LogP contribution in [0.1, 0.15) is 25.0 Å². The fourth-order valence-electron chi connectivity index (χ4n) is 0.955. The number of rotatable bonds is 3. The molecule has 1 rings (SSSR count). The zero-order chi connectivity index (χ0) is 8.97. The Hall–Kier alpha value is -0.436. The first kappa shape index (κ1) is 12.6. The Morgan fingerprint density at radius 3 is 2.69 bits per heavy atom. The summed E-state index contributed by atoms with van der Waals surface area (Å²) in [7, 11) is 3.26. The summed E-state index contributed by atoms with van der Waals surface area (Å²) in [6, 6.07) is 8.12. The molecule has 0 bridgehead atoms. The van der Waals surface area contributed by atoms with Crippen molar-refractivity contribution in [1.29, 1.82) is 0 Å². The van der Waals surface area contributed by atoms with E-state index in [0.717, 1.165) is 5.56 Å². The molecule has 0 amide bonds. The molecule has 3 heteroatoms. The zero-order valence-corrected chi connectivity index (χ0v) is 8.92. The van der Waals surface area contributed by atoms with E-state index in [-0.39, 0.29) is 18.6 Å². The van der Waals surface area contributed by atoms with Gasteiger partial charge in [0.1, 0.15) is 0 Å². The first-order valence-corrected chi connectivity index (χ1v) is 3.89. The zero-order valence-electron chi connectivity index (χ0n) is 7.53. The second kappa shape index (κ2) is 6.08. The summed E-state index contributed by atoms with van der Waals surface area (Å²) in [6.07, 6.45) is 0.304. The molecule has 0 aromatic heterocycles. The van der Waals surface area contributed by atoms with Gasteiger partial charge in [-0.2, -0.15) is 19.2 Å². The third kappa shape index (κ3) is 3.43. The Balaban J connectivity index is 0.00000144. The van der Waals surface area contributed by atoms with Crippen LogP contribution in [-0.4, -0.2) is 5.11 Å². The van der Waals surface area contributed by atoms with Gasteiger partial charge in [-0.15, -0.1) is 17.7 Å². The molecule has 0 saturated heterocycles. The smallest absolute Gasteiger partial charge is 0.683 e. The largest absolute Gasteiger partial charge is 2.00 e. The van der Waals surface area contributed by atoms with Gasteiger partial charge in [-0.3, -0.25) is 0 Å². The van der Waals surface area contributed by atoms with Crippen LogP contribution in [0.3, 0.4) is 0 Å². The van der Waals surface area contributed by atoms with Crippen LogP contribution in [0.25, 0.3) is 0 Å². The van der Waals surface area contributed by atoms with Crippen LogP contribution in [0.5, 0.6) is 5.75 Å². The molecule has 0 aliphatic heterocycles. The standard InChI is InChI=1S/C10H12O2.V/c1-3-10(11)8-4-6-9(12-2)7-5-8;/h4-6,10-11H,2-3H2,1H3;/q-2;+2/t10-;/m0./s1. The summed E-state index contributed by atoms with van der Waals surface area (Å²) in [5, 5.41) is 9.42. The van der Waals surface area contributed by atoms with Crippen molar-refractivity contribution in [2.45, 2.75) is 19.4 Å². The maximum absolute atomic E-state index is 9.42. The van der Waals surface area contributed by atoms with Crippen molar-refractivity contribution < 1.29 is 28.4 Å². The number of aliphatic hydroxyl groups excluding tert-OH is 1. The molecule has 0 heterocycles. The Morgan fingerprint density at radius 1 is 1.62 bits per heavy atom.